The average Bonchev–Trinajstić information content (AvgIpc) is 2.22. The second-order valence-corrected chi connectivity index (χ2v) is 5.26. The minimum atomic E-state index is 0.383. The van der Waals surface area contributed by atoms with Crippen LogP contribution >= 0.6 is 0 Å². The van der Waals surface area contributed by atoms with Gasteiger partial charge in [-0.2, -0.15) is 0 Å². The van der Waals surface area contributed by atoms with Gasteiger partial charge in [-0.15, -0.1) is 0 Å². The van der Waals surface area contributed by atoms with Crippen molar-refractivity contribution >= 4 is 17.5 Å². The number of nitrogens with two attached hydrogens (primary N) is 2. The molecule has 0 saturated heterocycles. The van der Waals surface area contributed by atoms with Crippen LogP contribution in [0.3, 0.4) is 0 Å². The van der Waals surface area contributed by atoms with Gasteiger partial charge < -0.3 is 11.5 Å². The molecule has 1 aromatic carbocycles. The highest BCUT2D eigenvalue weighted by Crippen LogP contribution is 2.36. The lowest BCUT2D eigenvalue weighted by atomic mass is 9.87. The molecule has 0 bridgehead atoms. The number of nitrogen functional groups attached to an aromatic ring is 2. The molecule has 2 nitrogen and oxygen atoms in total. The van der Waals surface area contributed by atoms with Crippen LogP contribution in [0.4, 0.5) is 11.4 Å². The Morgan fingerprint density at radius 3 is 2.29 bits per heavy atom. The number of aryl methyl sites for hydroxylation is 1. The highest BCUT2D eigenvalue weighted by atomic mass is 14.6. The van der Waals surface area contributed by atoms with Crippen molar-refractivity contribution in [3.05, 3.63) is 29.3 Å². The van der Waals surface area contributed by atoms with Gasteiger partial charge in [0, 0.05) is 16.9 Å². The Kier molecular flexibility index (Phi) is 4.22. The quantitative estimate of drug-likeness (QED) is 0.772. The fraction of sp³-hybridized carbons (Fsp3) is 0.467. The molecule has 4 N–H and O–H groups in total. The van der Waals surface area contributed by atoms with Crippen LogP contribution in [0.1, 0.15) is 49.8 Å². The second-order valence-electron chi connectivity index (χ2n) is 5.26. The van der Waals surface area contributed by atoms with E-state index in [0.717, 1.165) is 34.5 Å². The number of benzene rings is 1. The molecule has 0 saturated carbocycles. The fourth-order valence-corrected chi connectivity index (χ4v) is 2.43. The molecule has 0 spiro atoms. The summed E-state index contributed by atoms with van der Waals surface area (Å²) < 4.78 is 0. The lowest BCUT2D eigenvalue weighted by Gasteiger charge is -2.21. The normalized spacial score (nSPS) is 12.8. The van der Waals surface area contributed by atoms with E-state index in [4.69, 9.17) is 11.5 Å². The summed E-state index contributed by atoms with van der Waals surface area (Å²) in [5.74, 6) is 1.02. The Hall–Kier alpha value is -1.44. The molecule has 2 heteroatoms. The number of rotatable bonds is 4. The van der Waals surface area contributed by atoms with E-state index in [1.807, 2.05) is 13.0 Å². The van der Waals surface area contributed by atoms with Crippen LogP contribution in [0, 0.1) is 12.8 Å². The third kappa shape index (κ3) is 2.82. The average molecular weight is 232 g/mol. The maximum absolute atomic E-state index is 6.19. The van der Waals surface area contributed by atoms with E-state index in [0.29, 0.717) is 11.8 Å². The Labute approximate surface area is 105 Å². The van der Waals surface area contributed by atoms with Crippen LogP contribution < -0.4 is 11.5 Å². The van der Waals surface area contributed by atoms with Gasteiger partial charge in [-0.1, -0.05) is 33.4 Å². The van der Waals surface area contributed by atoms with Gasteiger partial charge in [-0.3, -0.25) is 0 Å². The standard InChI is InChI=1S/C15H24N2/c1-6-12-8-11(5)14(16)13(15(12)17)10(4)7-9(2)3/h6,8-10H,1,7,16-17H2,2-5H3. The zero-order chi connectivity index (χ0) is 13.2. The van der Waals surface area contributed by atoms with Gasteiger partial charge in [0.25, 0.3) is 0 Å². The van der Waals surface area contributed by atoms with Gasteiger partial charge in [-0.05, 0) is 42.4 Å². The minimum Gasteiger partial charge on any atom is -0.398 e. The Morgan fingerprint density at radius 2 is 1.82 bits per heavy atom. The molecule has 0 fully saturated rings. The topological polar surface area (TPSA) is 52.0 Å². The van der Waals surface area contributed by atoms with E-state index in [-0.39, 0.29) is 0 Å². The first-order valence-corrected chi connectivity index (χ1v) is 6.19. The zero-order valence-electron chi connectivity index (χ0n) is 11.4. The van der Waals surface area contributed by atoms with Gasteiger partial charge in [-0.25, -0.2) is 0 Å². The first kappa shape index (κ1) is 13.6. The predicted octanol–water partition coefficient (Wildman–Crippen LogP) is 3.95. The third-order valence-corrected chi connectivity index (χ3v) is 3.23. The van der Waals surface area contributed by atoms with Crippen LogP contribution in [-0.4, -0.2) is 0 Å². The monoisotopic (exact) mass is 232 g/mol. The van der Waals surface area contributed by atoms with Crippen LogP contribution in [-0.2, 0) is 0 Å². The van der Waals surface area contributed by atoms with Gasteiger partial charge >= 0.3 is 0 Å². The van der Waals surface area contributed by atoms with E-state index in [1.165, 1.54) is 0 Å². The van der Waals surface area contributed by atoms with Gasteiger partial charge in [0.05, 0.1) is 0 Å². The minimum absolute atomic E-state index is 0.383. The van der Waals surface area contributed by atoms with E-state index < -0.39 is 0 Å². The van der Waals surface area contributed by atoms with Crippen molar-refractivity contribution in [3.63, 3.8) is 0 Å². The van der Waals surface area contributed by atoms with Crippen LogP contribution in [0.5, 0.6) is 0 Å². The van der Waals surface area contributed by atoms with E-state index in [9.17, 15) is 0 Å². The first-order chi connectivity index (χ1) is 7.88. The van der Waals surface area contributed by atoms with Crippen molar-refractivity contribution in [1.29, 1.82) is 0 Å². The lowest BCUT2D eigenvalue weighted by Crippen LogP contribution is -2.09. The Morgan fingerprint density at radius 1 is 1.24 bits per heavy atom. The maximum atomic E-state index is 6.19. The second kappa shape index (κ2) is 5.26. The lowest BCUT2D eigenvalue weighted by molar-refractivity contribution is 0.525. The summed E-state index contributed by atoms with van der Waals surface area (Å²) in [6.07, 6.45) is 2.89. The highest BCUT2D eigenvalue weighted by molar-refractivity contribution is 5.76. The Bertz CT molecular complexity index is 419. The van der Waals surface area contributed by atoms with Crippen molar-refractivity contribution < 1.29 is 0 Å². The highest BCUT2D eigenvalue weighted by Gasteiger charge is 2.17. The van der Waals surface area contributed by atoms with Crippen LogP contribution in [0.25, 0.3) is 6.08 Å². The van der Waals surface area contributed by atoms with Gasteiger partial charge in [0.1, 0.15) is 0 Å². The SMILES string of the molecule is C=Cc1cc(C)c(N)c(C(C)CC(C)C)c1N. The van der Waals surface area contributed by atoms with Crippen LogP contribution in [0.2, 0.25) is 0 Å². The molecule has 0 aromatic heterocycles. The third-order valence-electron chi connectivity index (χ3n) is 3.23. The zero-order valence-corrected chi connectivity index (χ0v) is 11.4. The van der Waals surface area contributed by atoms with Crippen LogP contribution in [0.15, 0.2) is 12.6 Å². The molecule has 0 aliphatic rings. The van der Waals surface area contributed by atoms with Crippen molar-refractivity contribution in [2.75, 3.05) is 11.5 Å². The summed E-state index contributed by atoms with van der Waals surface area (Å²) in [5, 5.41) is 0. The molecule has 17 heavy (non-hydrogen) atoms. The molecule has 0 heterocycles. The summed E-state index contributed by atoms with van der Waals surface area (Å²) in [4.78, 5) is 0. The molecule has 1 atom stereocenters. The summed E-state index contributed by atoms with van der Waals surface area (Å²) in [5.41, 5.74) is 17.1. The summed E-state index contributed by atoms with van der Waals surface area (Å²) >= 11 is 0. The molecule has 0 aliphatic carbocycles. The molecule has 1 rings (SSSR count). The summed E-state index contributed by atoms with van der Waals surface area (Å²) in [6, 6.07) is 2.00. The van der Waals surface area contributed by atoms with Crippen molar-refractivity contribution in [2.24, 2.45) is 5.92 Å². The van der Waals surface area contributed by atoms with Crippen molar-refractivity contribution in [3.8, 4) is 0 Å². The first-order valence-electron chi connectivity index (χ1n) is 6.19. The molecular formula is C15H24N2. The maximum Gasteiger partial charge on any atom is 0.0443 e. The number of hydrogen-bond donors (Lipinski definition) is 2. The van der Waals surface area contributed by atoms with E-state index in [2.05, 4.69) is 27.4 Å². The van der Waals surface area contributed by atoms with Gasteiger partial charge in [0.2, 0.25) is 0 Å². The molecule has 0 radical (unpaired) electrons. The molecule has 94 valence electrons. The number of hydrogen-bond acceptors (Lipinski definition) is 2. The Balaban J connectivity index is 3.30. The smallest absolute Gasteiger partial charge is 0.0443 e. The van der Waals surface area contributed by atoms with Gasteiger partial charge in [0.15, 0.2) is 0 Å². The summed E-state index contributed by atoms with van der Waals surface area (Å²) in [6.45, 7) is 12.4. The van der Waals surface area contributed by atoms with E-state index in [1.54, 1.807) is 6.08 Å². The number of anilines is 2. The molecular weight excluding hydrogens is 208 g/mol. The largest absolute Gasteiger partial charge is 0.398 e. The van der Waals surface area contributed by atoms with Crippen molar-refractivity contribution in [2.45, 2.75) is 40.0 Å². The molecule has 1 unspecified atom stereocenters. The molecule has 1 aromatic rings. The van der Waals surface area contributed by atoms with E-state index >= 15 is 0 Å². The molecule has 0 aliphatic heterocycles. The fourth-order valence-electron chi connectivity index (χ4n) is 2.43. The van der Waals surface area contributed by atoms with Crippen molar-refractivity contribution in [1.82, 2.24) is 0 Å². The summed E-state index contributed by atoms with van der Waals surface area (Å²) in [7, 11) is 0. The molecule has 0 amide bonds. The predicted molar refractivity (Wildman–Crippen MR) is 78.0 cm³/mol.